The van der Waals surface area contributed by atoms with Crippen molar-refractivity contribution in [3.8, 4) is 0 Å². The third-order valence-corrected chi connectivity index (χ3v) is 0.870. The average molecular weight is 173 g/mol. The molecular weight excluding hydrogens is 167 g/mol. The van der Waals surface area contributed by atoms with E-state index in [1.54, 1.807) is 0 Å². The number of aliphatic hydroxyl groups excluding tert-OH is 1. The Balaban J connectivity index is 3.28. The van der Waals surface area contributed by atoms with Crippen LogP contribution in [0.15, 0.2) is 0 Å². The molecule has 0 spiro atoms. The second kappa shape index (κ2) is 4.85. The molecule has 0 bridgehead atoms. The minimum absolute atomic E-state index is 0.0607. The van der Waals surface area contributed by atoms with Gasteiger partial charge in [-0.3, -0.25) is 0 Å². The Morgan fingerprint density at radius 3 is 2.56 bits per heavy atom. The van der Waals surface area contributed by atoms with Crippen molar-refractivity contribution in [1.29, 1.82) is 0 Å². The van der Waals surface area contributed by atoms with Crippen molar-refractivity contribution in [3.63, 3.8) is 0 Å². The van der Waals surface area contributed by atoms with E-state index in [0.29, 0.717) is 0 Å². The molecule has 0 rings (SSSR count). The number of carbonyl (C=O) groups is 1. The van der Waals surface area contributed by atoms with Gasteiger partial charge in [0.25, 0.3) is 0 Å². The molecule has 9 heavy (non-hydrogen) atoms. The molecule has 0 aromatic carbocycles. The summed E-state index contributed by atoms with van der Waals surface area (Å²) in [6.07, 6.45) is 0. The van der Waals surface area contributed by atoms with Crippen molar-refractivity contribution in [2.45, 2.75) is 4.84 Å². The van der Waals surface area contributed by atoms with Crippen LogP contribution in [0.4, 0.5) is 0 Å². The maximum absolute atomic E-state index is 10.3. The molecule has 0 aliphatic heterocycles. The van der Waals surface area contributed by atoms with E-state index in [1.165, 1.54) is 0 Å². The lowest BCUT2D eigenvalue weighted by molar-refractivity contribution is -0.142. The van der Waals surface area contributed by atoms with E-state index in [4.69, 9.17) is 28.3 Å². The van der Waals surface area contributed by atoms with Gasteiger partial charge in [-0.1, -0.05) is 23.2 Å². The number of esters is 1. The molecule has 3 nitrogen and oxygen atoms in total. The second-order valence-corrected chi connectivity index (χ2v) is 2.29. The normalized spacial score (nSPS) is 9.78. The van der Waals surface area contributed by atoms with Crippen LogP contribution < -0.4 is 0 Å². The summed E-state index contributed by atoms with van der Waals surface area (Å²) in [5.41, 5.74) is 0. The number of aliphatic hydroxyl groups is 1. The molecule has 1 N–H and O–H groups in total. The smallest absolute Gasteiger partial charge is 0.339 e. The van der Waals surface area contributed by atoms with Gasteiger partial charge in [-0.25, -0.2) is 4.79 Å². The first-order valence-electron chi connectivity index (χ1n) is 2.24. The Kier molecular flexibility index (Phi) is 4.85. The van der Waals surface area contributed by atoms with Gasteiger partial charge < -0.3 is 9.84 Å². The maximum Gasteiger partial charge on any atom is 0.339 e. The van der Waals surface area contributed by atoms with Crippen LogP contribution in [0.25, 0.3) is 0 Å². The Morgan fingerprint density at radius 1 is 1.67 bits per heavy atom. The number of halogens is 2. The highest BCUT2D eigenvalue weighted by molar-refractivity contribution is 6.52. The quantitative estimate of drug-likeness (QED) is 0.493. The highest BCUT2D eigenvalue weighted by Crippen LogP contribution is 2.02. The molecule has 0 saturated carbocycles. The average Bonchev–Trinajstić information content (AvgIpc) is 1.82. The van der Waals surface area contributed by atoms with Crippen LogP contribution in [0.3, 0.4) is 0 Å². The SMILES string of the molecule is O=C(OCCO)C(Cl)Cl. The minimum Gasteiger partial charge on any atom is -0.461 e. The molecule has 0 radical (unpaired) electrons. The molecule has 5 heteroatoms. The highest BCUT2D eigenvalue weighted by atomic mass is 35.5. The first kappa shape index (κ1) is 9.01. The van der Waals surface area contributed by atoms with Crippen LogP contribution in [0.2, 0.25) is 0 Å². The summed E-state index contributed by atoms with van der Waals surface area (Å²) in [6.45, 7) is -0.277. The summed E-state index contributed by atoms with van der Waals surface area (Å²) in [5, 5.41) is 8.13. The van der Waals surface area contributed by atoms with Gasteiger partial charge in [0.15, 0.2) is 0 Å². The zero-order valence-electron chi connectivity index (χ0n) is 4.51. The molecule has 0 amide bonds. The van der Waals surface area contributed by atoms with Crippen LogP contribution in [-0.2, 0) is 9.53 Å². The molecule has 54 valence electrons. The van der Waals surface area contributed by atoms with E-state index >= 15 is 0 Å². The number of alkyl halides is 2. The summed E-state index contributed by atoms with van der Waals surface area (Å²) in [4.78, 5) is 9.15. The predicted octanol–water partition coefficient (Wildman–Crippen LogP) is 0.326. The summed E-state index contributed by atoms with van der Waals surface area (Å²) < 4.78 is 4.30. The molecule has 0 heterocycles. The Labute approximate surface area is 62.5 Å². The molecule has 0 aliphatic carbocycles. The number of carbonyl (C=O) groups excluding carboxylic acids is 1. The third kappa shape index (κ3) is 4.51. The van der Waals surface area contributed by atoms with Crippen molar-refractivity contribution in [1.82, 2.24) is 0 Å². The van der Waals surface area contributed by atoms with Crippen molar-refractivity contribution >= 4 is 29.2 Å². The van der Waals surface area contributed by atoms with Gasteiger partial charge in [0, 0.05) is 0 Å². The minimum atomic E-state index is -1.16. The van der Waals surface area contributed by atoms with Crippen LogP contribution >= 0.6 is 23.2 Å². The second-order valence-electron chi connectivity index (χ2n) is 1.19. The summed E-state index contributed by atoms with van der Waals surface area (Å²) in [6, 6.07) is 0. The summed E-state index contributed by atoms with van der Waals surface area (Å²) in [5.74, 6) is -0.729. The monoisotopic (exact) mass is 172 g/mol. The number of hydrogen-bond donors (Lipinski definition) is 1. The van der Waals surface area contributed by atoms with Crippen molar-refractivity contribution in [3.05, 3.63) is 0 Å². The standard InChI is InChI=1S/C4H6Cl2O3/c5-3(6)4(8)9-2-1-7/h3,7H,1-2H2. The van der Waals surface area contributed by atoms with E-state index in [-0.39, 0.29) is 13.2 Å². The fraction of sp³-hybridized carbons (Fsp3) is 0.750. The Hall–Kier alpha value is 0.01000. The van der Waals surface area contributed by atoms with Crippen LogP contribution in [0.1, 0.15) is 0 Å². The summed E-state index contributed by atoms with van der Waals surface area (Å²) in [7, 11) is 0. The van der Waals surface area contributed by atoms with Crippen LogP contribution in [0.5, 0.6) is 0 Å². The van der Waals surface area contributed by atoms with E-state index in [0.717, 1.165) is 0 Å². The highest BCUT2D eigenvalue weighted by Gasteiger charge is 2.11. The van der Waals surface area contributed by atoms with Crippen molar-refractivity contribution < 1.29 is 14.6 Å². The number of rotatable bonds is 3. The van der Waals surface area contributed by atoms with Gasteiger partial charge in [-0.15, -0.1) is 0 Å². The Bertz CT molecular complexity index is 93.8. The zero-order valence-corrected chi connectivity index (χ0v) is 6.02. The van der Waals surface area contributed by atoms with Gasteiger partial charge in [0.05, 0.1) is 6.61 Å². The van der Waals surface area contributed by atoms with E-state index in [2.05, 4.69) is 4.74 Å². The lowest BCUT2D eigenvalue weighted by Crippen LogP contribution is -2.14. The summed E-state index contributed by atoms with van der Waals surface area (Å²) >= 11 is 10.1. The van der Waals surface area contributed by atoms with E-state index in [1.807, 2.05) is 0 Å². The van der Waals surface area contributed by atoms with Gasteiger partial charge in [0.1, 0.15) is 6.61 Å². The molecular formula is C4H6Cl2O3. The first-order valence-corrected chi connectivity index (χ1v) is 3.11. The lowest BCUT2D eigenvalue weighted by Gasteiger charge is -2.00. The molecule has 0 aromatic rings. The van der Waals surface area contributed by atoms with Crippen molar-refractivity contribution in [2.24, 2.45) is 0 Å². The predicted molar refractivity (Wildman–Crippen MR) is 33.5 cm³/mol. The maximum atomic E-state index is 10.3. The first-order chi connectivity index (χ1) is 4.18. The van der Waals surface area contributed by atoms with Gasteiger partial charge in [-0.05, 0) is 0 Å². The van der Waals surface area contributed by atoms with Gasteiger partial charge in [-0.2, -0.15) is 0 Å². The molecule has 0 aromatic heterocycles. The van der Waals surface area contributed by atoms with Crippen LogP contribution in [0, 0.1) is 0 Å². The topological polar surface area (TPSA) is 46.5 Å². The fourth-order valence-electron chi connectivity index (χ4n) is 0.209. The van der Waals surface area contributed by atoms with Crippen molar-refractivity contribution in [2.75, 3.05) is 13.2 Å². The zero-order chi connectivity index (χ0) is 7.28. The van der Waals surface area contributed by atoms with Gasteiger partial charge in [0.2, 0.25) is 4.84 Å². The molecule has 0 fully saturated rings. The molecule has 0 unspecified atom stereocenters. The van der Waals surface area contributed by atoms with E-state index < -0.39 is 10.8 Å². The Morgan fingerprint density at radius 2 is 2.22 bits per heavy atom. The lowest BCUT2D eigenvalue weighted by atomic mass is 10.7. The van der Waals surface area contributed by atoms with E-state index in [9.17, 15) is 4.79 Å². The van der Waals surface area contributed by atoms with Gasteiger partial charge >= 0.3 is 5.97 Å². The largest absolute Gasteiger partial charge is 0.461 e. The van der Waals surface area contributed by atoms with Crippen LogP contribution in [-0.4, -0.2) is 29.1 Å². The fourth-order valence-corrected chi connectivity index (χ4v) is 0.335. The number of ether oxygens (including phenoxy) is 1. The molecule has 0 saturated heterocycles. The molecule has 0 atom stereocenters. The third-order valence-electron chi connectivity index (χ3n) is 0.514. The molecule has 0 aliphatic rings. The number of hydrogen-bond acceptors (Lipinski definition) is 3.